The number of allylic oxidation sites excluding steroid dienone is 1. The molecule has 0 heterocycles. The van der Waals surface area contributed by atoms with Crippen LogP contribution in [0.2, 0.25) is 0 Å². The summed E-state index contributed by atoms with van der Waals surface area (Å²) in [5.74, 6) is 0.595. The molecule has 0 N–H and O–H groups in total. The summed E-state index contributed by atoms with van der Waals surface area (Å²) in [7, 11) is 2.90. The van der Waals surface area contributed by atoms with Crippen molar-refractivity contribution in [3.63, 3.8) is 0 Å². The highest BCUT2D eigenvalue weighted by Crippen LogP contribution is 2.33. The van der Waals surface area contributed by atoms with Crippen LogP contribution >= 0.6 is 0 Å². The van der Waals surface area contributed by atoms with E-state index in [0.717, 1.165) is 11.0 Å². The van der Waals surface area contributed by atoms with E-state index in [0.29, 0.717) is 17.0 Å². The third kappa shape index (κ3) is 3.81. The van der Waals surface area contributed by atoms with Gasteiger partial charge in [0, 0.05) is 12.7 Å². The molecule has 0 atom stereocenters. The number of alkyl halides is 3. The van der Waals surface area contributed by atoms with Crippen molar-refractivity contribution < 1.29 is 17.9 Å². The minimum Gasteiger partial charge on any atom is -0.497 e. The SMILES string of the molecule is COc1ccc(N(C)/C(=C/c2ccccc2)C(F)(F)F)cc1. The first-order valence-corrected chi connectivity index (χ1v) is 6.63. The number of benzene rings is 2. The number of rotatable bonds is 4. The van der Waals surface area contributed by atoms with Gasteiger partial charge in [-0.25, -0.2) is 0 Å². The van der Waals surface area contributed by atoms with E-state index in [4.69, 9.17) is 4.74 Å². The van der Waals surface area contributed by atoms with Gasteiger partial charge in [-0.3, -0.25) is 0 Å². The van der Waals surface area contributed by atoms with Crippen LogP contribution in [0, 0.1) is 0 Å². The molecule has 2 rings (SSSR count). The van der Waals surface area contributed by atoms with Crippen molar-refractivity contribution >= 4 is 11.8 Å². The van der Waals surface area contributed by atoms with Crippen LogP contribution in [0.3, 0.4) is 0 Å². The van der Waals surface area contributed by atoms with E-state index >= 15 is 0 Å². The van der Waals surface area contributed by atoms with Gasteiger partial charge in [-0.1, -0.05) is 30.3 Å². The maximum absolute atomic E-state index is 13.4. The highest BCUT2D eigenvalue weighted by molar-refractivity contribution is 5.63. The molecule has 0 saturated carbocycles. The Morgan fingerprint density at radius 2 is 1.59 bits per heavy atom. The molecule has 2 nitrogen and oxygen atoms in total. The zero-order valence-electron chi connectivity index (χ0n) is 12.3. The van der Waals surface area contributed by atoms with E-state index in [1.807, 2.05) is 0 Å². The summed E-state index contributed by atoms with van der Waals surface area (Å²) < 4.78 is 45.1. The number of ether oxygens (including phenoxy) is 1. The first-order valence-electron chi connectivity index (χ1n) is 6.63. The predicted octanol–water partition coefficient (Wildman–Crippen LogP) is 4.73. The number of anilines is 1. The first kappa shape index (κ1) is 15.9. The van der Waals surface area contributed by atoms with E-state index in [1.165, 1.54) is 14.2 Å². The summed E-state index contributed by atoms with van der Waals surface area (Å²) >= 11 is 0. The summed E-state index contributed by atoms with van der Waals surface area (Å²) in [4.78, 5) is 1.12. The predicted molar refractivity (Wildman–Crippen MR) is 81.9 cm³/mol. The Balaban J connectivity index is 2.38. The summed E-state index contributed by atoms with van der Waals surface area (Å²) in [6.45, 7) is 0. The largest absolute Gasteiger partial charge is 0.497 e. The van der Waals surface area contributed by atoms with Crippen LogP contribution in [-0.2, 0) is 0 Å². The van der Waals surface area contributed by atoms with E-state index in [9.17, 15) is 13.2 Å². The van der Waals surface area contributed by atoms with Gasteiger partial charge in [0.2, 0.25) is 0 Å². The average Bonchev–Trinajstić information content (AvgIpc) is 2.52. The average molecular weight is 307 g/mol. The number of halogens is 3. The van der Waals surface area contributed by atoms with Gasteiger partial charge in [0.15, 0.2) is 0 Å². The molecular weight excluding hydrogens is 291 g/mol. The molecule has 0 aliphatic heterocycles. The van der Waals surface area contributed by atoms with Crippen LogP contribution in [0.1, 0.15) is 5.56 Å². The lowest BCUT2D eigenvalue weighted by Gasteiger charge is -2.25. The van der Waals surface area contributed by atoms with Crippen LogP contribution in [0.25, 0.3) is 6.08 Å². The number of hydrogen-bond acceptors (Lipinski definition) is 2. The van der Waals surface area contributed by atoms with Crippen molar-refractivity contribution in [1.82, 2.24) is 0 Å². The molecule has 0 radical (unpaired) electrons. The van der Waals surface area contributed by atoms with Crippen LogP contribution in [-0.4, -0.2) is 20.3 Å². The lowest BCUT2D eigenvalue weighted by atomic mass is 10.1. The van der Waals surface area contributed by atoms with Crippen LogP contribution < -0.4 is 9.64 Å². The summed E-state index contributed by atoms with van der Waals surface area (Å²) in [5.41, 5.74) is 0.194. The van der Waals surface area contributed by atoms with Crippen molar-refractivity contribution in [3.05, 3.63) is 65.9 Å². The van der Waals surface area contributed by atoms with Gasteiger partial charge < -0.3 is 9.64 Å². The molecule has 0 aromatic heterocycles. The van der Waals surface area contributed by atoms with Crippen molar-refractivity contribution in [3.8, 4) is 5.75 Å². The topological polar surface area (TPSA) is 12.5 Å². The maximum Gasteiger partial charge on any atom is 0.431 e. The van der Waals surface area contributed by atoms with Gasteiger partial charge in [0.25, 0.3) is 0 Å². The first-order chi connectivity index (χ1) is 10.4. The molecule has 2 aromatic carbocycles. The van der Waals surface area contributed by atoms with E-state index in [1.54, 1.807) is 54.6 Å². The molecule has 5 heteroatoms. The molecule has 0 aliphatic rings. The van der Waals surface area contributed by atoms with E-state index in [2.05, 4.69) is 0 Å². The Morgan fingerprint density at radius 3 is 2.09 bits per heavy atom. The maximum atomic E-state index is 13.4. The minimum atomic E-state index is -4.45. The fourth-order valence-corrected chi connectivity index (χ4v) is 2.02. The molecule has 0 unspecified atom stereocenters. The molecule has 0 bridgehead atoms. The molecular formula is C17H16F3NO. The van der Waals surface area contributed by atoms with Crippen LogP contribution in [0.5, 0.6) is 5.75 Å². The Hall–Kier alpha value is -2.43. The molecule has 0 aliphatic carbocycles. The smallest absolute Gasteiger partial charge is 0.431 e. The van der Waals surface area contributed by atoms with Crippen LogP contribution in [0.15, 0.2) is 60.3 Å². The second-order valence-corrected chi connectivity index (χ2v) is 4.70. The van der Waals surface area contributed by atoms with Crippen molar-refractivity contribution in [1.29, 1.82) is 0 Å². The van der Waals surface area contributed by atoms with Crippen molar-refractivity contribution in [2.75, 3.05) is 19.1 Å². The quantitative estimate of drug-likeness (QED) is 0.809. The summed E-state index contributed by atoms with van der Waals surface area (Å²) in [6, 6.07) is 14.9. The van der Waals surface area contributed by atoms with E-state index in [-0.39, 0.29) is 0 Å². The Bertz CT molecular complexity index is 633. The zero-order chi connectivity index (χ0) is 16.2. The fraction of sp³-hybridized carbons (Fsp3) is 0.176. The lowest BCUT2D eigenvalue weighted by molar-refractivity contribution is -0.0919. The molecule has 22 heavy (non-hydrogen) atoms. The number of hydrogen-bond donors (Lipinski definition) is 0. The molecule has 116 valence electrons. The molecule has 0 saturated heterocycles. The van der Waals surface area contributed by atoms with Crippen LogP contribution in [0.4, 0.5) is 18.9 Å². The van der Waals surface area contributed by atoms with Crippen molar-refractivity contribution in [2.24, 2.45) is 0 Å². The third-order valence-electron chi connectivity index (χ3n) is 3.21. The lowest BCUT2D eigenvalue weighted by Crippen LogP contribution is -2.28. The summed E-state index contributed by atoms with van der Waals surface area (Å²) in [5, 5.41) is 0. The van der Waals surface area contributed by atoms with Gasteiger partial charge in [0.05, 0.1) is 7.11 Å². The Morgan fingerprint density at radius 1 is 1.00 bits per heavy atom. The highest BCUT2D eigenvalue weighted by atomic mass is 19.4. The normalized spacial score (nSPS) is 12.1. The Labute approximate surface area is 127 Å². The minimum absolute atomic E-state index is 0.431. The highest BCUT2D eigenvalue weighted by Gasteiger charge is 2.36. The van der Waals surface area contributed by atoms with Gasteiger partial charge in [-0.15, -0.1) is 0 Å². The van der Waals surface area contributed by atoms with Gasteiger partial charge in [-0.05, 0) is 35.9 Å². The molecule has 0 spiro atoms. The fourth-order valence-electron chi connectivity index (χ4n) is 2.02. The molecule has 0 fully saturated rings. The van der Waals surface area contributed by atoms with E-state index < -0.39 is 11.9 Å². The van der Waals surface area contributed by atoms with Crippen molar-refractivity contribution in [2.45, 2.75) is 6.18 Å². The second-order valence-electron chi connectivity index (χ2n) is 4.70. The third-order valence-corrected chi connectivity index (χ3v) is 3.21. The summed E-state index contributed by atoms with van der Waals surface area (Å²) in [6.07, 6.45) is -3.32. The molecule has 0 amide bonds. The second kappa shape index (κ2) is 6.56. The number of methoxy groups -OCH3 is 1. The molecule has 2 aromatic rings. The van der Waals surface area contributed by atoms with Gasteiger partial charge >= 0.3 is 6.18 Å². The van der Waals surface area contributed by atoms with Gasteiger partial charge in [0.1, 0.15) is 11.4 Å². The van der Waals surface area contributed by atoms with Gasteiger partial charge in [-0.2, -0.15) is 13.2 Å². The standard InChI is InChI=1S/C17H16F3NO/c1-21(14-8-10-15(22-2)11-9-14)16(17(18,19)20)12-13-6-4-3-5-7-13/h3-12H,1-2H3/b16-12+. The Kier molecular flexibility index (Phi) is 4.75. The monoisotopic (exact) mass is 307 g/mol. The zero-order valence-corrected chi connectivity index (χ0v) is 12.3. The number of nitrogens with zero attached hydrogens (tertiary/aromatic N) is 1.